The zero-order valence-corrected chi connectivity index (χ0v) is 14.9. The average Bonchev–Trinajstić information content (AvgIpc) is 2.91. The Bertz CT molecular complexity index is 849. The molecule has 4 heteroatoms. The Labute approximate surface area is 148 Å². The first-order chi connectivity index (χ1) is 12.2. The smallest absolute Gasteiger partial charge is 0.119 e. The number of ether oxygens (including phenoxy) is 1. The van der Waals surface area contributed by atoms with Gasteiger partial charge in [0, 0.05) is 22.6 Å². The summed E-state index contributed by atoms with van der Waals surface area (Å²) in [5.74, 6) is 0.891. The number of aromatic nitrogens is 1. The largest absolute Gasteiger partial charge is 0.494 e. The van der Waals surface area contributed by atoms with Gasteiger partial charge in [-0.05, 0) is 63.2 Å². The Morgan fingerprint density at radius 2 is 1.76 bits per heavy atom. The Kier molecular flexibility index (Phi) is 5.19. The summed E-state index contributed by atoms with van der Waals surface area (Å²) in [6.45, 7) is 6.87. The van der Waals surface area contributed by atoms with Crippen LogP contribution >= 0.6 is 0 Å². The summed E-state index contributed by atoms with van der Waals surface area (Å²) >= 11 is 0. The fourth-order valence-corrected chi connectivity index (χ4v) is 2.86. The molecule has 0 radical (unpaired) electrons. The number of hydrogen-bond donors (Lipinski definition) is 1. The van der Waals surface area contributed by atoms with E-state index < -0.39 is 0 Å². The standard InChI is InChI=1S/C21H23N3O/c1-4-25-21-12-10-20(11-13-21)24-16(2)14-18(17(24)3)15-22-23-19-8-6-5-7-9-19/h5-15,23H,4H2,1-3H3/b22-15-. The molecule has 0 unspecified atom stereocenters. The van der Waals surface area contributed by atoms with Crippen molar-refractivity contribution in [3.63, 3.8) is 0 Å². The van der Waals surface area contributed by atoms with Crippen LogP contribution in [0.4, 0.5) is 5.69 Å². The molecule has 0 saturated heterocycles. The highest BCUT2D eigenvalue weighted by Gasteiger charge is 2.09. The van der Waals surface area contributed by atoms with Crippen LogP contribution in [0, 0.1) is 13.8 Å². The van der Waals surface area contributed by atoms with Gasteiger partial charge in [0.25, 0.3) is 0 Å². The van der Waals surface area contributed by atoms with Crippen molar-refractivity contribution < 1.29 is 4.74 Å². The maximum Gasteiger partial charge on any atom is 0.119 e. The van der Waals surface area contributed by atoms with Crippen molar-refractivity contribution in [3.05, 3.63) is 77.6 Å². The molecule has 0 amide bonds. The van der Waals surface area contributed by atoms with Crippen molar-refractivity contribution in [2.75, 3.05) is 12.0 Å². The Balaban J connectivity index is 1.80. The lowest BCUT2D eigenvalue weighted by Crippen LogP contribution is -2.00. The van der Waals surface area contributed by atoms with Gasteiger partial charge in [-0.2, -0.15) is 5.10 Å². The molecule has 0 aliphatic heterocycles. The number of aryl methyl sites for hydroxylation is 1. The zero-order chi connectivity index (χ0) is 17.6. The normalized spacial score (nSPS) is 11.0. The first kappa shape index (κ1) is 16.8. The highest BCUT2D eigenvalue weighted by Crippen LogP contribution is 2.22. The van der Waals surface area contributed by atoms with Crippen molar-refractivity contribution in [1.29, 1.82) is 0 Å². The highest BCUT2D eigenvalue weighted by molar-refractivity contribution is 5.82. The van der Waals surface area contributed by atoms with Crippen LogP contribution in [0.25, 0.3) is 5.69 Å². The first-order valence-corrected chi connectivity index (χ1v) is 8.45. The van der Waals surface area contributed by atoms with E-state index in [0.29, 0.717) is 6.61 Å². The first-order valence-electron chi connectivity index (χ1n) is 8.45. The monoisotopic (exact) mass is 333 g/mol. The molecule has 0 bridgehead atoms. The van der Waals surface area contributed by atoms with Gasteiger partial charge in [0.1, 0.15) is 5.75 Å². The molecular weight excluding hydrogens is 310 g/mol. The van der Waals surface area contributed by atoms with E-state index in [0.717, 1.165) is 28.4 Å². The molecule has 3 rings (SSSR count). The summed E-state index contributed by atoms with van der Waals surface area (Å²) in [5, 5.41) is 4.35. The van der Waals surface area contributed by atoms with E-state index in [4.69, 9.17) is 4.74 Å². The molecule has 128 valence electrons. The van der Waals surface area contributed by atoms with E-state index in [-0.39, 0.29) is 0 Å². The number of hydrogen-bond acceptors (Lipinski definition) is 3. The summed E-state index contributed by atoms with van der Waals surface area (Å²) in [7, 11) is 0. The fourth-order valence-electron chi connectivity index (χ4n) is 2.86. The molecule has 25 heavy (non-hydrogen) atoms. The van der Waals surface area contributed by atoms with Crippen molar-refractivity contribution in [3.8, 4) is 11.4 Å². The van der Waals surface area contributed by atoms with Crippen LogP contribution < -0.4 is 10.2 Å². The van der Waals surface area contributed by atoms with Crippen LogP contribution in [0.2, 0.25) is 0 Å². The third kappa shape index (κ3) is 3.91. The summed E-state index contributed by atoms with van der Waals surface area (Å²) in [6, 6.07) is 20.2. The van der Waals surface area contributed by atoms with Crippen molar-refractivity contribution in [1.82, 2.24) is 4.57 Å². The minimum atomic E-state index is 0.677. The van der Waals surface area contributed by atoms with Crippen molar-refractivity contribution in [2.24, 2.45) is 5.10 Å². The van der Waals surface area contributed by atoms with Gasteiger partial charge >= 0.3 is 0 Å². The number of nitrogens with one attached hydrogen (secondary N) is 1. The molecule has 4 nitrogen and oxygen atoms in total. The minimum Gasteiger partial charge on any atom is -0.494 e. The lowest BCUT2D eigenvalue weighted by atomic mass is 10.2. The van der Waals surface area contributed by atoms with Crippen LogP contribution in [0.15, 0.2) is 65.8 Å². The second kappa shape index (κ2) is 7.71. The molecule has 1 heterocycles. The molecule has 0 atom stereocenters. The number of anilines is 1. The summed E-state index contributed by atoms with van der Waals surface area (Å²) in [6.07, 6.45) is 1.86. The molecule has 1 N–H and O–H groups in total. The molecule has 0 aliphatic carbocycles. The summed E-state index contributed by atoms with van der Waals surface area (Å²) in [5.41, 5.74) is 8.56. The third-order valence-electron chi connectivity index (χ3n) is 4.05. The molecule has 3 aromatic rings. The van der Waals surface area contributed by atoms with E-state index in [1.807, 2.05) is 55.6 Å². The fraction of sp³-hybridized carbons (Fsp3) is 0.190. The second-order valence-corrected chi connectivity index (χ2v) is 5.82. The van der Waals surface area contributed by atoms with Crippen LogP contribution in [0.1, 0.15) is 23.9 Å². The van der Waals surface area contributed by atoms with Gasteiger partial charge in [0.2, 0.25) is 0 Å². The number of nitrogens with zero attached hydrogens (tertiary/aromatic N) is 2. The maximum absolute atomic E-state index is 5.52. The predicted octanol–water partition coefficient (Wildman–Crippen LogP) is 4.94. The molecule has 2 aromatic carbocycles. The van der Waals surface area contributed by atoms with Crippen LogP contribution in [0.3, 0.4) is 0 Å². The van der Waals surface area contributed by atoms with Gasteiger partial charge < -0.3 is 9.30 Å². The third-order valence-corrected chi connectivity index (χ3v) is 4.05. The zero-order valence-electron chi connectivity index (χ0n) is 14.9. The molecular formula is C21H23N3O. The minimum absolute atomic E-state index is 0.677. The molecule has 0 saturated carbocycles. The van der Waals surface area contributed by atoms with Gasteiger partial charge in [0.15, 0.2) is 0 Å². The molecule has 0 fully saturated rings. The van der Waals surface area contributed by atoms with E-state index in [1.54, 1.807) is 0 Å². The van der Waals surface area contributed by atoms with E-state index in [2.05, 4.69) is 47.1 Å². The highest BCUT2D eigenvalue weighted by atomic mass is 16.5. The van der Waals surface area contributed by atoms with Gasteiger partial charge in [-0.1, -0.05) is 18.2 Å². The lowest BCUT2D eigenvalue weighted by Gasteiger charge is -2.11. The van der Waals surface area contributed by atoms with Crippen molar-refractivity contribution >= 4 is 11.9 Å². The predicted molar refractivity (Wildman–Crippen MR) is 104 cm³/mol. The number of rotatable bonds is 6. The van der Waals surface area contributed by atoms with E-state index in [9.17, 15) is 0 Å². The van der Waals surface area contributed by atoms with Gasteiger partial charge in [0.05, 0.1) is 18.5 Å². The van der Waals surface area contributed by atoms with Crippen molar-refractivity contribution in [2.45, 2.75) is 20.8 Å². The quantitative estimate of drug-likeness (QED) is 0.512. The average molecular weight is 333 g/mol. The number of para-hydroxylation sites is 1. The Morgan fingerprint density at radius 3 is 2.44 bits per heavy atom. The summed E-state index contributed by atoms with van der Waals surface area (Å²) < 4.78 is 7.74. The van der Waals surface area contributed by atoms with E-state index >= 15 is 0 Å². The van der Waals surface area contributed by atoms with E-state index in [1.165, 1.54) is 5.69 Å². The number of hydrazone groups is 1. The van der Waals surface area contributed by atoms with Crippen LogP contribution in [0.5, 0.6) is 5.75 Å². The van der Waals surface area contributed by atoms with Gasteiger partial charge in [-0.15, -0.1) is 0 Å². The molecule has 1 aromatic heterocycles. The SMILES string of the molecule is CCOc1ccc(-n2c(C)cc(/C=N\Nc3ccccc3)c2C)cc1. The molecule has 0 aliphatic rings. The van der Waals surface area contributed by atoms with Crippen LogP contribution in [-0.4, -0.2) is 17.4 Å². The maximum atomic E-state index is 5.52. The van der Waals surface area contributed by atoms with Crippen LogP contribution in [-0.2, 0) is 0 Å². The second-order valence-electron chi connectivity index (χ2n) is 5.82. The summed E-state index contributed by atoms with van der Waals surface area (Å²) in [4.78, 5) is 0. The lowest BCUT2D eigenvalue weighted by molar-refractivity contribution is 0.340. The van der Waals surface area contributed by atoms with Gasteiger partial charge in [-0.3, -0.25) is 5.43 Å². The topological polar surface area (TPSA) is 38.5 Å². The Morgan fingerprint density at radius 1 is 1.04 bits per heavy atom. The number of benzene rings is 2. The van der Waals surface area contributed by atoms with Gasteiger partial charge in [-0.25, -0.2) is 0 Å². The Hall–Kier alpha value is -3.01. The molecule has 0 spiro atoms.